The molecular formula is C19H14ClF2N5. The summed E-state index contributed by atoms with van der Waals surface area (Å²) in [7, 11) is 0. The second-order valence-electron chi connectivity index (χ2n) is 6.11. The third kappa shape index (κ3) is 3.33. The molecule has 0 spiro atoms. The molecule has 0 amide bonds. The van der Waals surface area contributed by atoms with Crippen LogP contribution in [0.3, 0.4) is 0 Å². The predicted molar refractivity (Wildman–Crippen MR) is 101 cm³/mol. The van der Waals surface area contributed by atoms with Crippen LogP contribution in [0.15, 0.2) is 42.5 Å². The summed E-state index contributed by atoms with van der Waals surface area (Å²) >= 11 is 6.16. The third-order valence-electron chi connectivity index (χ3n) is 4.08. The van der Waals surface area contributed by atoms with Crippen LogP contribution in [-0.2, 0) is 0 Å². The van der Waals surface area contributed by atoms with E-state index < -0.39 is 11.6 Å². The molecule has 2 heterocycles. The van der Waals surface area contributed by atoms with Gasteiger partial charge in [0.05, 0.1) is 11.0 Å². The first-order chi connectivity index (χ1) is 12.9. The Hall–Kier alpha value is -3.06. The van der Waals surface area contributed by atoms with Crippen molar-refractivity contribution in [3.8, 4) is 5.82 Å². The van der Waals surface area contributed by atoms with E-state index in [1.807, 2.05) is 31.2 Å². The number of nitrogens with one attached hydrogen (secondary N) is 1. The van der Waals surface area contributed by atoms with Crippen molar-refractivity contribution >= 4 is 34.3 Å². The standard InChI is InChI=1S/C19H14ClF2N5/c1-10-3-5-12(6-4-10)24-19-25-17(20)9-18(26-19)27-11(2)23-15-7-13(21)14(22)8-16(15)27/h3-9H,1-2H3,(H,24,25,26). The number of halogens is 3. The minimum absolute atomic E-state index is 0.207. The molecule has 0 aliphatic rings. The average Bonchev–Trinajstić information content (AvgIpc) is 2.92. The lowest BCUT2D eigenvalue weighted by Gasteiger charge is -2.10. The van der Waals surface area contributed by atoms with Gasteiger partial charge >= 0.3 is 0 Å². The fourth-order valence-corrected chi connectivity index (χ4v) is 3.00. The second kappa shape index (κ2) is 6.59. The van der Waals surface area contributed by atoms with E-state index in [4.69, 9.17) is 11.6 Å². The molecule has 1 N–H and O–H groups in total. The van der Waals surface area contributed by atoms with Gasteiger partial charge in [-0.1, -0.05) is 29.3 Å². The van der Waals surface area contributed by atoms with Crippen molar-refractivity contribution in [1.82, 2.24) is 19.5 Å². The molecule has 0 radical (unpaired) electrons. The molecule has 0 unspecified atom stereocenters. The molecular weight excluding hydrogens is 372 g/mol. The largest absolute Gasteiger partial charge is 0.324 e. The van der Waals surface area contributed by atoms with Gasteiger partial charge in [-0.25, -0.2) is 18.7 Å². The Morgan fingerprint density at radius 3 is 2.37 bits per heavy atom. The third-order valence-corrected chi connectivity index (χ3v) is 4.28. The molecule has 0 bridgehead atoms. The summed E-state index contributed by atoms with van der Waals surface area (Å²) < 4.78 is 28.9. The van der Waals surface area contributed by atoms with Crippen LogP contribution >= 0.6 is 11.6 Å². The summed E-state index contributed by atoms with van der Waals surface area (Å²) in [6.07, 6.45) is 0. The molecule has 8 heteroatoms. The van der Waals surface area contributed by atoms with E-state index >= 15 is 0 Å². The van der Waals surface area contributed by atoms with Crippen LogP contribution in [0.2, 0.25) is 5.15 Å². The normalized spacial score (nSPS) is 11.1. The molecule has 0 aliphatic heterocycles. The minimum atomic E-state index is -0.957. The van der Waals surface area contributed by atoms with Crippen LogP contribution in [0.25, 0.3) is 16.9 Å². The zero-order valence-corrected chi connectivity index (χ0v) is 15.2. The number of anilines is 2. The van der Waals surface area contributed by atoms with Gasteiger partial charge in [-0.05, 0) is 26.0 Å². The van der Waals surface area contributed by atoms with Crippen LogP contribution in [0.5, 0.6) is 0 Å². The van der Waals surface area contributed by atoms with Gasteiger partial charge in [0, 0.05) is 23.9 Å². The Morgan fingerprint density at radius 1 is 0.926 bits per heavy atom. The number of nitrogens with zero attached hydrogens (tertiary/aromatic N) is 4. The highest BCUT2D eigenvalue weighted by Crippen LogP contribution is 2.25. The van der Waals surface area contributed by atoms with Crippen molar-refractivity contribution in [3.05, 3.63) is 70.6 Å². The summed E-state index contributed by atoms with van der Waals surface area (Å²) in [6, 6.07) is 11.4. The maximum atomic E-state index is 13.7. The van der Waals surface area contributed by atoms with E-state index in [9.17, 15) is 8.78 Å². The Morgan fingerprint density at radius 2 is 1.63 bits per heavy atom. The first kappa shape index (κ1) is 17.4. The summed E-state index contributed by atoms with van der Waals surface area (Å²) in [5.41, 5.74) is 2.65. The molecule has 0 aliphatic carbocycles. The Kier molecular flexibility index (Phi) is 4.24. The van der Waals surface area contributed by atoms with Gasteiger partial charge in [0.2, 0.25) is 5.95 Å². The Balaban J connectivity index is 1.81. The van der Waals surface area contributed by atoms with Gasteiger partial charge in [-0.2, -0.15) is 4.98 Å². The smallest absolute Gasteiger partial charge is 0.230 e. The summed E-state index contributed by atoms with van der Waals surface area (Å²) in [4.78, 5) is 12.9. The molecule has 0 atom stereocenters. The van der Waals surface area contributed by atoms with Crippen LogP contribution < -0.4 is 5.32 Å². The molecule has 0 fully saturated rings. The van der Waals surface area contributed by atoms with E-state index in [1.165, 1.54) is 6.07 Å². The fraction of sp³-hybridized carbons (Fsp3) is 0.105. The van der Waals surface area contributed by atoms with Crippen molar-refractivity contribution in [3.63, 3.8) is 0 Å². The maximum Gasteiger partial charge on any atom is 0.230 e. The van der Waals surface area contributed by atoms with Crippen LogP contribution in [0.1, 0.15) is 11.4 Å². The molecule has 2 aromatic heterocycles. The van der Waals surface area contributed by atoms with Crippen molar-refractivity contribution in [2.24, 2.45) is 0 Å². The fourth-order valence-electron chi connectivity index (χ4n) is 2.82. The Labute approximate surface area is 158 Å². The summed E-state index contributed by atoms with van der Waals surface area (Å²) in [5, 5.41) is 3.29. The van der Waals surface area contributed by atoms with Gasteiger partial charge in [-0.15, -0.1) is 0 Å². The summed E-state index contributed by atoms with van der Waals surface area (Å²) in [5.74, 6) is -0.705. The number of benzene rings is 2. The SMILES string of the molecule is Cc1ccc(Nc2nc(Cl)cc(-n3c(C)nc4cc(F)c(F)cc43)n2)cc1. The highest BCUT2D eigenvalue weighted by atomic mass is 35.5. The number of aromatic nitrogens is 4. The quantitative estimate of drug-likeness (QED) is 0.498. The number of aryl methyl sites for hydroxylation is 2. The van der Waals surface area contributed by atoms with Crippen molar-refractivity contribution in [1.29, 1.82) is 0 Å². The molecule has 2 aromatic carbocycles. The average molecular weight is 386 g/mol. The van der Waals surface area contributed by atoms with Crippen LogP contribution in [0.4, 0.5) is 20.4 Å². The molecule has 4 aromatic rings. The zero-order valence-electron chi connectivity index (χ0n) is 14.5. The van der Waals surface area contributed by atoms with E-state index in [1.54, 1.807) is 11.5 Å². The lowest BCUT2D eigenvalue weighted by atomic mass is 10.2. The highest BCUT2D eigenvalue weighted by molar-refractivity contribution is 6.29. The zero-order chi connectivity index (χ0) is 19.1. The van der Waals surface area contributed by atoms with Gasteiger partial charge < -0.3 is 5.32 Å². The van der Waals surface area contributed by atoms with E-state index in [2.05, 4.69) is 20.3 Å². The lowest BCUT2D eigenvalue weighted by Crippen LogP contribution is -2.05. The number of fused-ring (bicyclic) bond motifs is 1. The van der Waals surface area contributed by atoms with Crippen molar-refractivity contribution < 1.29 is 8.78 Å². The predicted octanol–water partition coefficient (Wildman–Crippen LogP) is 5.11. The van der Waals surface area contributed by atoms with Crippen molar-refractivity contribution in [2.45, 2.75) is 13.8 Å². The van der Waals surface area contributed by atoms with Crippen LogP contribution in [0, 0.1) is 25.5 Å². The van der Waals surface area contributed by atoms with Crippen LogP contribution in [-0.4, -0.2) is 19.5 Å². The summed E-state index contributed by atoms with van der Waals surface area (Å²) in [6.45, 7) is 3.71. The van der Waals surface area contributed by atoms with Gasteiger partial charge in [0.25, 0.3) is 0 Å². The first-order valence-corrected chi connectivity index (χ1v) is 8.51. The van der Waals surface area contributed by atoms with Crippen molar-refractivity contribution in [2.75, 3.05) is 5.32 Å². The molecule has 136 valence electrons. The van der Waals surface area contributed by atoms with E-state index in [0.29, 0.717) is 22.7 Å². The second-order valence-corrected chi connectivity index (χ2v) is 6.50. The number of hydrogen-bond acceptors (Lipinski definition) is 4. The molecule has 5 nitrogen and oxygen atoms in total. The van der Waals surface area contributed by atoms with Gasteiger partial charge in [-0.3, -0.25) is 4.57 Å². The Bertz CT molecular complexity index is 1160. The highest BCUT2D eigenvalue weighted by Gasteiger charge is 2.16. The monoisotopic (exact) mass is 385 g/mol. The minimum Gasteiger partial charge on any atom is -0.324 e. The lowest BCUT2D eigenvalue weighted by molar-refractivity contribution is 0.510. The molecule has 4 rings (SSSR count). The van der Waals surface area contributed by atoms with Gasteiger partial charge in [0.1, 0.15) is 16.8 Å². The molecule has 0 saturated carbocycles. The number of imidazole rings is 1. The van der Waals surface area contributed by atoms with E-state index in [0.717, 1.165) is 23.4 Å². The molecule has 0 saturated heterocycles. The van der Waals surface area contributed by atoms with E-state index in [-0.39, 0.29) is 11.1 Å². The van der Waals surface area contributed by atoms with Gasteiger partial charge in [0.15, 0.2) is 11.6 Å². The maximum absolute atomic E-state index is 13.7. The number of rotatable bonds is 3. The topological polar surface area (TPSA) is 55.6 Å². The first-order valence-electron chi connectivity index (χ1n) is 8.13. The number of hydrogen-bond donors (Lipinski definition) is 1. The molecule has 27 heavy (non-hydrogen) atoms.